The number of carboxylic acid groups (broad SMARTS) is 1. The van der Waals surface area contributed by atoms with Gasteiger partial charge in [0.2, 0.25) is 0 Å². The summed E-state index contributed by atoms with van der Waals surface area (Å²) in [7, 11) is 1.74. The summed E-state index contributed by atoms with van der Waals surface area (Å²) in [4.78, 5) is 10.4. The van der Waals surface area contributed by atoms with E-state index in [0.717, 1.165) is 19.3 Å². The second kappa shape index (κ2) is 7.29. The molecule has 1 aromatic rings. The predicted octanol–water partition coefficient (Wildman–Crippen LogP) is 3.45. The highest BCUT2D eigenvalue weighted by Crippen LogP contribution is 2.17. The molecule has 0 aliphatic carbocycles. The van der Waals surface area contributed by atoms with Crippen molar-refractivity contribution < 1.29 is 14.6 Å². The van der Waals surface area contributed by atoms with E-state index in [1.807, 2.05) is 0 Å². The van der Waals surface area contributed by atoms with Gasteiger partial charge in [-0.15, -0.1) is 0 Å². The van der Waals surface area contributed by atoms with Gasteiger partial charge in [-0.2, -0.15) is 0 Å². The van der Waals surface area contributed by atoms with Crippen molar-refractivity contribution in [2.24, 2.45) is 0 Å². The van der Waals surface area contributed by atoms with Gasteiger partial charge in [-0.25, -0.2) is 0 Å². The van der Waals surface area contributed by atoms with Crippen LogP contribution in [0.1, 0.15) is 44.2 Å². The molecule has 1 rings (SSSR count). The third kappa shape index (κ3) is 6.39. The highest BCUT2D eigenvalue weighted by molar-refractivity contribution is 5.66. The molecule has 0 fully saturated rings. The average molecular weight is 264 g/mol. The second-order valence-electron chi connectivity index (χ2n) is 5.53. The molecule has 1 N–H and O–H groups in total. The lowest BCUT2D eigenvalue weighted by Crippen LogP contribution is -2.22. The van der Waals surface area contributed by atoms with Crippen molar-refractivity contribution >= 4 is 5.97 Å². The van der Waals surface area contributed by atoms with E-state index in [-0.39, 0.29) is 12.0 Å². The van der Waals surface area contributed by atoms with E-state index < -0.39 is 5.97 Å². The number of ether oxygens (including phenoxy) is 1. The SMILES string of the molecule is COC(C)(C)CCc1ccc(CCCC(=O)O)cc1. The van der Waals surface area contributed by atoms with Crippen LogP contribution in [0.2, 0.25) is 0 Å². The topological polar surface area (TPSA) is 46.5 Å². The zero-order valence-corrected chi connectivity index (χ0v) is 12.1. The molecule has 0 radical (unpaired) electrons. The fourth-order valence-electron chi connectivity index (χ4n) is 1.86. The Balaban J connectivity index is 2.41. The van der Waals surface area contributed by atoms with E-state index in [0.29, 0.717) is 6.42 Å². The van der Waals surface area contributed by atoms with Gasteiger partial charge >= 0.3 is 5.97 Å². The van der Waals surface area contributed by atoms with Crippen molar-refractivity contribution in [1.29, 1.82) is 0 Å². The van der Waals surface area contributed by atoms with Gasteiger partial charge in [-0.3, -0.25) is 4.79 Å². The van der Waals surface area contributed by atoms with Crippen LogP contribution in [-0.2, 0) is 22.4 Å². The summed E-state index contributed by atoms with van der Waals surface area (Å²) in [6, 6.07) is 8.44. The molecule has 0 spiro atoms. The van der Waals surface area contributed by atoms with Gasteiger partial charge in [0.25, 0.3) is 0 Å². The molecule has 3 heteroatoms. The van der Waals surface area contributed by atoms with E-state index in [2.05, 4.69) is 38.1 Å². The smallest absolute Gasteiger partial charge is 0.303 e. The zero-order valence-electron chi connectivity index (χ0n) is 12.1. The molecule has 0 heterocycles. The Hall–Kier alpha value is -1.35. The quantitative estimate of drug-likeness (QED) is 0.782. The average Bonchev–Trinajstić information content (AvgIpc) is 2.37. The van der Waals surface area contributed by atoms with Crippen molar-refractivity contribution in [3.63, 3.8) is 0 Å². The Kier molecular flexibility index (Phi) is 6.03. The largest absolute Gasteiger partial charge is 0.481 e. The fraction of sp³-hybridized carbons (Fsp3) is 0.562. The van der Waals surface area contributed by atoms with Crippen LogP contribution in [0, 0.1) is 0 Å². The minimum Gasteiger partial charge on any atom is -0.481 e. The molecule has 0 aliphatic heterocycles. The van der Waals surface area contributed by atoms with Crippen LogP contribution in [0.15, 0.2) is 24.3 Å². The van der Waals surface area contributed by atoms with Crippen molar-refractivity contribution in [1.82, 2.24) is 0 Å². The molecule has 0 aromatic heterocycles. The first kappa shape index (κ1) is 15.7. The Morgan fingerprint density at radius 2 is 1.68 bits per heavy atom. The summed E-state index contributed by atoms with van der Waals surface area (Å²) >= 11 is 0. The van der Waals surface area contributed by atoms with Crippen LogP contribution in [0.4, 0.5) is 0 Å². The number of carbonyl (C=O) groups is 1. The standard InChI is InChI=1S/C16H24O3/c1-16(2,19-3)12-11-14-9-7-13(8-10-14)5-4-6-15(17)18/h7-10H,4-6,11-12H2,1-3H3,(H,17,18). The van der Waals surface area contributed by atoms with Gasteiger partial charge in [0.1, 0.15) is 0 Å². The van der Waals surface area contributed by atoms with Crippen molar-refractivity contribution in [2.75, 3.05) is 7.11 Å². The molecule has 0 atom stereocenters. The van der Waals surface area contributed by atoms with Crippen LogP contribution in [0.3, 0.4) is 0 Å². The van der Waals surface area contributed by atoms with Gasteiger partial charge in [0.05, 0.1) is 5.60 Å². The maximum atomic E-state index is 10.4. The van der Waals surface area contributed by atoms with Crippen molar-refractivity contribution in [3.8, 4) is 0 Å². The van der Waals surface area contributed by atoms with Crippen molar-refractivity contribution in [2.45, 2.75) is 51.6 Å². The molecule has 19 heavy (non-hydrogen) atoms. The number of aryl methyl sites for hydroxylation is 2. The summed E-state index contributed by atoms with van der Waals surface area (Å²) in [6.07, 6.45) is 3.75. The van der Waals surface area contributed by atoms with Gasteiger partial charge in [-0.05, 0) is 50.7 Å². The first-order valence-electron chi connectivity index (χ1n) is 6.78. The third-order valence-corrected chi connectivity index (χ3v) is 3.45. The number of hydrogen-bond acceptors (Lipinski definition) is 2. The molecule has 1 aromatic carbocycles. The molecule has 0 bridgehead atoms. The normalized spacial score (nSPS) is 11.5. The van der Waals surface area contributed by atoms with Crippen LogP contribution in [0.5, 0.6) is 0 Å². The Morgan fingerprint density at radius 1 is 1.16 bits per heavy atom. The highest BCUT2D eigenvalue weighted by atomic mass is 16.5. The molecule has 0 saturated heterocycles. The lowest BCUT2D eigenvalue weighted by molar-refractivity contribution is -0.137. The Morgan fingerprint density at radius 3 is 2.16 bits per heavy atom. The van der Waals surface area contributed by atoms with Gasteiger partial charge in [-0.1, -0.05) is 24.3 Å². The van der Waals surface area contributed by atoms with Gasteiger partial charge < -0.3 is 9.84 Å². The number of methoxy groups -OCH3 is 1. The van der Waals surface area contributed by atoms with E-state index in [4.69, 9.17) is 9.84 Å². The van der Waals surface area contributed by atoms with E-state index in [9.17, 15) is 4.79 Å². The minimum atomic E-state index is -0.724. The highest BCUT2D eigenvalue weighted by Gasteiger charge is 2.15. The molecule has 106 valence electrons. The van der Waals surface area contributed by atoms with E-state index >= 15 is 0 Å². The fourth-order valence-corrected chi connectivity index (χ4v) is 1.86. The van der Waals surface area contributed by atoms with Crippen molar-refractivity contribution in [3.05, 3.63) is 35.4 Å². The maximum absolute atomic E-state index is 10.4. The summed E-state index contributed by atoms with van der Waals surface area (Å²) in [5.41, 5.74) is 2.42. The van der Waals surface area contributed by atoms with Crippen LogP contribution in [0.25, 0.3) is 0 Å². The summed E-state index contributed by atoms with van der Waals surface area (Å²) < 4.78 is 5.40. The first-order chi connectivity index (χ1) is 8.93. The molecule has 0 saturated carbocycles. The molecule has 3 nitrogen and oxygen atoms in total. The molecule has 0 amide bonds. The predicted molar refractivity (Wildman–Crippen MR) is 76.4 cm³/mol. The Bertz CT molecular complexity index is 393. The zero-order chi connectivity index (χ0) is 14.3. The number of carboxylic acids is 1. The molecular weight excluding hydrogens is 240 g/mol. The van der Waals surface area contributed by atoms with Crippen LogP contribution < -0.4 is 0 Å². The number of benzene rings is 1. The molecule has 0 aliphatic rings. The third-order valence-electron chi connectivity index (χ3n) is 3.45. The summed E-state index contributed by atoms with van der Waals surface area (Å²) in [6.45, 7) is 4.18. The summed E-state index contributed by atoms with van der Waals surface area (Å²) in [5, 5.41) is 8.59. The lowest BCUT2D eigenvalue weighted by atomic mass is 9.97. The van der Waals surface area contributed by atoms with E-state index in [1.165, 1.54) is 11.1 Å². The summed E-state index contributed by atoms with van der Waals surface area (Å²) in [5.74, 6) is -0.724. The maximum Gasteiger partial charge on any atom is 0.303 e. The molecule has 0 unspecified atom stereocenters. The van der Waals surface area contributed by atoms with Crippen LogP contribution >= 0.6 is 0 Å². The minimum absolute atomic E-state index is 0.0832. The second-order valence-corrected chi connectivity index (χ2v) is 5.53. The molecular formula is C16H24O3. The van der Waals surface area contributed by atoms with Gasteiger partial charge in [0.15, 0.2) is 0 Å². The van der Waals surface area contributed by atoms with Gasteiger partial charge in [0, 0.05) is 13.5 Å². The first-order valence-corrected chi connectivity index (χ1v) is 6.78. The number of aliphatic carboxylic acids is 1. The monoisotopic (exact) mass is 264 g/mol. The lowest BCUT2D eigenvalue weighted by Gasteiger charge is -2.22. The van der Waals surface area contributed by atoms with Crippen LogP contribution in [-0.4, -0.2) is 23.8 Å². The Labute approximate surface area is 115 Å². The van der Waals surface area contributed by atoms with E-state index in [1.54, 1.807) is 7.11 Å². The number of hydrogen-bond donors (Lipinski definition) is 1. The number of rotatable bonds is 8.